The van der Waals surface area contributed by atoms with Gasteiger partial charge in [0, 0.05) is 14.0 Å². The zero-order valence-corrected chi connectivity index (χ0v) is 4.43. The first-order valence-corrected chi connectivity index (χ1v) is 1.90. The predicted octanol–water partition coefficient (Wildman–Crippen LogP) is 0.658. The largest absolute Gasteiger partial charge is 0.433 e. The van der Waals surface area contributed by atoms with Crippen LogP contribution in [0.5, 0.6) is 0 Å². The van der Waals surface area contributed by atoms with Crippen LogP contribution in [0.1, 0.15) is 6.92 Å². The molecule has 0 fully saturated rings. The first-order chi connectivity index (χ1) is 3.27. The molecule has 0 radical (unpaired) electrons. The lowest BCUT2D eigenvalue weighted by atomic mass is 10.8. The maximum atomic E-state index is 6.68. The van der Waals surface area contributed by atoms with E-state index in [4.69, 9.17) is 5.41 Å². The zero-order valence-electron chi connectivity index (χ0n) is 4.43. The highest BCUT2D eigenvalue weighted by Crippen LogP contribution is 1.67. The van der Waals surface area contributed by atoms with Gasteiger partial charge in [0.05, 0.1) is 0 Å². The summed E-state index contributed by atoms with van der Waals surface area (Å²) >= 11 is 0. The third-order valence-electron chi connectivity index (χ3n) is 0.335. The Morgan fingerprint density at radius 2 is 2.43 bits per heavy atom. The SMILES string of the molecule is C/N=C\OC(C)=N. The summed E-state index contributed by atoms with van der Waals surface area (Å²) in [5, 5.41) is 6.68. The van der Waals surface area contributed by atoms with Crippen molar-refractivity contribution in [1.82, 2.24) is 0 Å². The molecular weight excluding hydrogens is 92.1 g/mol. The van der Waals surface area contributed by atoms with Crippen LogP contribution in [-0.2, 0) is 4.74 Å². The number of ether oxygens (including phenoxy) is 1. The van der Waals surface area contributed by atoms with Gasteiger partial charge in [-0.15, -0.1) is 0 Å². The van der Waals surface area contributed by atoms with E-state index in [0.717, 1.165) is 0 Å². The smallest absolute Gasteiger partial charge is 0.185 e. The van der Waals surface area contributed by atoms with Gasteiger partial charge in [-0.25, -0.2) is 0 Å². The van der Waals surface area contributed by atoms with Gasteiger partial charge in [-0.05, 0) is 0 Å². The van der Waals surface area contributed by atoms with Crippen LogP contribution in [0.15, 0.2) is 4.99 Å². The lowest BCUT2D eigenvalue weighted by molar-refractivity contribution is 0.557. The highest BCUT2D eigenvalue weighted by molar-refractivity contribution is 5.77. The summed E-state index contributed by atoms with van der Waals surface area (Å²) in [6.45, 7) is 1.54. The molecule has 1 N–H and O–H groups in total. The average Bonchev–Trinajstić information content (AvgIpc) is 1.61. The predicted molar refractivity (Wildman–Crippen MR) is 28.9 cm³/mol. The molecule has 0 aliphatic rings. The van der Waals surface area contributed by atoms with Gasteiger partial charge in [-0.2, -0.15) is 0 Å². The van der Waals surface area contributed by atoms with E-state index in [1.54, 1.807) is 14.0 Å². The van der Waals surface area contributed by atoms with Gasteiger partial charge >= 0.3 is 0 Å². The van der Waals surface area contributed by atoms with Crippen LogP contribution < -0.4 is 0 Å². The maximum absolute atomic E-state index is 6.68. The van der Waals surface area contributed by atoms with Crippen LogP contribution in [0.4, 0.5) is 0 Å². The van der Waals surface area contributed by atoms with Crippen molar-refractivity contribution in [3.05, 3.63) is 0 Å². The van der Waals surface area contributed by atoms with Crippen molar-refractivity contribution in [2.24, 2.45) is 4.99 Å². The normalized spacial score (nSPS) is 9.43. The summed E-state index contributed by atoms with van der Waals surface area (Å²) in [5.41, 5.74) is 0. The molecular formula is C4H8N2O. The van der Waals surface area contributed by atoms with E-state index in [9.17, 15) is 0 Å². The van der Waals surface area contributed by atoms with E-state index in [2.05, 4.69) is 9.73 Å². The van der Waals surface area contributed by atoms with Crippen LogP contribution in [0.2, 0.25) is 0 Å². The average molecular weight is 100 g/mol. The van der Waals surface area contributed by atoms with Gasteiger partial charge in [0.2, 0.25) is 0 Å². The van der Waals surface area contributed by atoms with Crippen LogP contribution in [0, 0.1) is 5.41 Å². The Hall–Kier alpha value is -0.860. The second-order valence-corrected chi connectivity index (χ2v) is 1.04. The van der Waals surface area contributed by atoms with Crippen molar-refractivity contribution >= 4 is 12.3 Å². The number of rotatable bonds is 1. The Kier molecular flexibility index (Phi) is 2.92. The third-order valence-corrected chi connectivity index (χ3v) is 0.335. The molecule has 0 aliphatic carbocycles. The summed E-state index contributed by atoms with van der Waals surface area (Å²) in [7, 11) is 1.59. The monoisotopic (exact) mass is 100 g/mol. The van der Waals surface area contributed by atoms with Crippen molar-refractivity contribution in [2.45, 2.75) is 6.92 Å². The third kappa shape index (κ3) is 5.14. The molecule has 0 unspecified atom stereocenters. The van der Waals surface area contributed by atoms with Crippen LogP contribution in [0.25, 0.3) is 0 Å². The fourth-order valence-electron chi connectivity index (χ4n) is 0.132. The van der Waals surface area contributed by atoms with Gasteiger partial charge in [0.1, 0.15) is 0 Å². The van der Waals surface area contributed by atoms with E-state index >= 15 is 0 Å². The van der Waals surface area contributed by atoms with Crippen molar-refractivity contribution in [1.29, 1.82) is 5.41 Å². The number of nitrogens with one attached hydrogen (secondary N) is 1. The minimum Gasteiger partial charge on any atom is -0.433 e. The molecule has 0 aromatic heterocycles. The molecule has 0 rings (SSSR count). The Morgan fingerprint density at radius 1 is 1.86 bits per heavy atom. The van der Waals surface area contributed by atoms with Crippen molar-refractivity contribution in [3.63, 3.8) is 0 Å². The molecule has 0 spiro atoms. The summed E-state index contributed by atoms with van der Waals surface area (Å²) in [6.07, 6.45) is 1.22. The molecule has 40 valence electrons. The standard InChI is InChI=1S/C4H8N2O/c1-4(5)7-3-6-2/h3,5H,1-2H3/b5-4?,6-3-. The maximum Gasteiger partial charge on any atom is 0.185 e. The molecule has 0 amide bonds. The molecule has 0 heterocycles. The number of hydrogen-bond donors (Lipinski definition) is 1. The van der Waals surface area contributed by atoms with Crippen molar-refractivity contribution in [2.75, 3.05) is 7.05 Å². The molecule has 3 heteroatoms. The fraction of sp³-hybridized carbons (Fsp3) is 0.500. The second kappa shape index (κ2) is 3.33. The molecule has 0 saturated heterocycles. The quantitative estimate of drug-likeness (QED) is 0.382. The van der Waals surface area contributed by atoms with Gasteiger partial charge in [0.25, 0.3) is 0 Å². The van der Waals surface area contributed by atoms with Gasteiger partial charge < -0.3 is 4.74 Å². The molecule has 0 saturated carbocycles. The summed E-state index contributed by atoms with van der Waals surface area (Å²) < 4.78 is 4.48. The fourth-order valence-corrected chi connectivity index (χ4v) is 0.132. The highest BCUT2D eigenvalue weighted by Gasteiger charge is 1.75. The van der Waals surface area contributed by atoms with Crippen molar-refractivity contribution < 1.29 is 4.74 Å². The number of hydrogen-bond acceptors (Lipinski definition) is 3. The molecule has 7 heavy (non-hydrogen) atoms. The minimum absolute atomic E-state index is 0.158. The zero-order chi connectivity index (χ0) is 5.70. The van der Waals surface area contributed by atoms with Gasteiger partial charge in [0.15, 0.2) is 12.3 Å². The molecule has 3 nitrogen and oxygen atoms in total. The van der Waals surface area contributed by atoms with E-state index in [1.165, 1.54) is 6.40 Å². The second-order valence-electron chi connectivity index (χ2n) is 1.04. The van der Waals surface area contributed by atoms with Crippen LogP contribution in [-0.4, -0.2) is 19.3 Å². The Labute approximate surface area is 42.5 Å². The Morgan fingerprint density at radius 3 is 2.57 bits per heavy atom. The molecule has 0 bridgehead atoms. The Balaban J connectivity index is 3.14. The lowest BCUT2D eigenvalue weighted by Crippen LogP contribution is -1.92. The first-order valence-electron chi connectivity index (χ1n) is 1.90. The highest BCUT2D eigenvalue weighted by atomic mass is 16.5. The molecule has 0 aromatic rings. The summed E-state index contributed by atoms with van der Waals surface area (Å²) in [6, 6.07) is 0. The van der Waals surface area contributed by atoms with Gasteiger partial charge in [-0.1, -0.05) is 0 Å². The van der Waals surface area contributed by atoms with Gasteiger partial charge in [-0.3, -0.25) is 10.4 Å². The summed E-state index contributed by atoms with van der Waals surface area (Å²) in [4.78, 5) is 3.49. The van der Waals surface area contributed by atoms with E-state index in [0.29, 0.717) is 0 Å². The minimum atomic E-state index is 0.158. The lowest BCUT2D eigenvalue weighted by Gasteiger charge is -1.88. The van der Waals surface area contributed by atoms with E-state index in [1.807, 2.05) is 0 Å². The van der Waals surface area contributed by atoms with Crippen LogP contribution >= 0.6 is 0 Å². The molecule has 0 aromatic carbocycles. The molecule has 0 atom stereocenters. The summed E-state index contributed by atoms with van der Waals surface area (Å²) in [5.74, 6) is 0.158. The van der Waals surface area contributed by atoms with E-state index in [-0.39, 0.29) is 5.90 Å². The van der Waals surface area contributed by atoms with Crippen molar-refractivity contribution in [3.8, 4) is 0 Å². The topological polar surface area (TPSA) is 45.4 Å². The number of nitrogens with zero attached hydrogens (tertiary/aromatic N) is 1. The Bertz CT molecular complexity index is 87.7. The van der Waals surface area contributed by atoms with Crippen LogP contribution in [0.3, 0.4) is 0 Å². The molecule has 0 aliphatic heterocycles. The first kappa shape index (κ1) is 6.14. The van der Waals surface area contributed by atoms with E-state index < -0.39 is 0 Å². The number of aliphatic imine (C=N–C) groups is 1.